The lowest BCUT2D eigenvalue weighted by atomic mass is 10.0. The Morgan fingerprint density at radius 1 is 1.26 bits per heavy atom. The van der Waals surface area contributed by atoms with E-state index in [-0.39, 0.29) is 24.8 Å². The molecule has 0 saturated heterocycles. The number of imidazole rings is 1. The number of carbonyl (C=O) groups excluding carboxylic acids is 1. The van der Waals surface area contributed by atoms with Crippen molar-refractivity contribution in [3.8, 4) is 0 Å². The summed E-state index contributed by atoms with van der Waals surface area (Å²) in [6, 6.07) is 7.55. The molecule has 1 amide bonds. The zero-order chi connectivity index (χ0) is 16.8. The topological polar surface area (TPSA) is 84.2 Å². The zero-order valence-corrected chi connectivity index (χ0v) is 13.3. The van der Waals surface area contributed by atoms with E-state index in [1.165, 1.54) is 0 Å². The molecule has 0 aliphatic carbocycles. The molecule has 1 unspecified atom stereocenters. The van der Waals surface area contributed by atoms with Gasteiger partial charge in [-0.15, -0.1) is 0 Å². The first-order valence-electron chi connectivity index (χ1n) is 7.52. The van der Waals surface area contributed by atoms with Crippen LogP contribution >= 0.6 is 0 Å². The summed E-state index contributed by atoms with van der Waals surface area (Å²) < 4.78 is 1.86. The number of carboxylic acid groups (broad SMARTS) is 1. The molecule has 122 valence electrons. The van der Waals surface area contributed by atoms with Crippen molar-refractivity contribution in [2.45, 2.75) is 32.2 Å². The molecular weight excluding hydrogens is 294 g/mol. The Labute approximate surface area is 135 Å². The molecule has 6 nitrogen and oxygen atoms in total. The first kappa shape index (κ1) is 16.7. The van der Waals surface area contributed by atoms with E-state index >= 15 is 0 Å². The van der Waals surface area contributed by atoms with Crippen LogP contribution in [0.2, 0.25) is 0 Å². The van der Waals surface area contributed by atoms with Gasteiger partial charge >= 0.3 is 5.97 Å². The van der Waals surface area contributed by atoms with Crippen LogP contribution in [0.3, 0.4) is 0 Å². The zero-order valence-electron chi connectivity index (χ0n) is 13.3. The Morgan fingerprint density at radius 2 is 1.96 bits per heavy atom. The van der Waals surface area contributed by atoms with Gasteiger partial charge in [-0.25, -0.2) is 4.98 Å². The third-order valence-electron chi connectivity index (χ3n) is 3.63. The number of aryl methyl sites for hydroxylation is 2. The molecule has 1 aromatic carbocycles. The summed E-state index contributed by atoms with van der Waals surface area (Å²) >= 11 is 0. The minimum Gasteiger partial charge on any atom is -0.481 e. The standard InChI is InChI=1S/C17H21N3O3/c1-12-6-8-13(9-7-12)16(17-18-10-11-20(17)2)19-14(21)4-3-5-15(22)23/h6-11,16H,3-5H2,1-2H3,(H,19,21)(H,22,23). The third kappa shape index (κ3) is 4.67. The van der Waals surface area contributed by atoms with E-state index in [9.17, 15) is 9.59 Å². The summed E-state index contributed by atoms with van der Waals surface area (Å²) in [5.74, 6) is -0.336. The van der Waals surface area contributed by atoms with Gasteiger partial charge in [0.25, 0.3) is 0 Å². The van der Waals surface area contributed by atoms with Crippen LogP contribution in [0.5, 0.6) is 0 Å². The second-order valence-corrected chi connectivity index (χ2v) is 5.55. The lowest BCUT2D eigenvalue weighted by Gasteiger charge is -2.19. The van der Waals surface area contributed by atoms with Crippen molar-refractivity contribution in [3.05, 3.63) is 53.6 Å². The lowest BCUT2D eigenvalue weighted by molar-refractivity contribution is -0.137. The van der Waals surface area contributed by atoms with Crippen molar-refractivity contribution in [1.82, 2.24) is 14.9 Å². The van der Waals surface area contributed by atoms with Crippen molar-refractivity contribution >= 4 is 11.9 Å². The van der Waals surface area contributed by atoms with E-state index in [1.54, 1.807) is 6.20 Å². The summed E-state index contributed by atoms with van der Waals surface area (Å²) in [5.41, 5.74) is 2.08. The molecule has 0 bridgehead atoms. The Balaban J connectivity index is 2.14. The molecule has 0 saturated carbocycles. The van der Waals surface area contributed by atoms with Crippen molar-refractivity contribution in [2.24, 2.45) is 7.05 Å². The number of carbonyl (C=O) groups is 2. The van der Waals surface area contributed by atoms with Crippen LogP contribution in [-0.4, -0.2) is 26.5 Å². The molecule has 1 heterocycles. The number of nitrogens with one attached hydrogen (secondary N) is 1. The van der Waals surface area contributed by atoms with E-state index in [2.05, 4.69) is 10.3 Å². The van der Waals surface area contributed by atoms with Crippen molar-refractivity contribution in [2.75, 3.05) is 0 Å². The summed E-state index contributed by atoms with van der Waals surface area (Å²) in [7, 11) is 1.88. The first-order chi connectivity index (χ1) is 11.0. The Kier molecular flexibility index (Phi) is 5.51. The molecule has 0 radical (unpaired) electrons. The van der Waals surface area contributed by atoms with Gasteiger partial charge in [0.15, 0.2) is 0 Å². The van der Waals surface area contributed by atoms with Crippen molar-refractivity contribution in [3.63, 3.8) is 0 Å². The molecule has 0 aliphatic heterocycles. The van der Waals surface area contributed by atoms with Gasteiger partial charge in [0, 0.05) is 32.3 Å². The number of hydrogen-bond acceptors (Lipinski definition) is 3. The van der Waals surface area contributed by atoms with E-state index in [0.29, 0.717) is 6.42 Å². The minimum atomic E-state index is -0.892. The Hall–Kier alpha value is -2.63. The maximum absolute atomic E-state index is 12.1. The molecule has 1 atom stereocenters. The van der Waals surface area contributed by atoms with E-state index in [4.69, 9.17) is 5.11 Å². The molecule has 6 heteroatoms. The number of carboxylic acids is 1. The minimum absolute atomic E-state index is 0.00891. The summed E-state index contributed by atoms with van der Waals surface area (Å²) in [6.07, 6.45) is 4.01. The highest BCUT2D eigenvalue weighted by atomic mass is 16.4. The lowest BCUT2D eigenvalue weighted by Crippen LogP contribution is -2.31. The maximum Gasteiger partial charge on any atom is 0.303 e. The van der Waals surface area contributed by atoms with Crippen LogP contribution in [0.25, 0.3) is 0 Å². The Morgan fingerprint density at radius 3 is 2.52 bits per heavy atom. The highest BCUT2D eigenvalue weighted by molar-refractivity contribution is 5.77. The number of hydrogen-bond donors (Lipinski definition) is 2. The molecule has 23 heavy (non-hydrogen) atoms. The van der Waals surface area contributed by atoms with Crippen LogP contribution in [-0.2, 0) is 16.6 Å². The van der Waals surface area contributed by atoms with Crippen LogP contribution in [0.1, 0.15) is 42.3 Å². The molecular formula is C17H21N3O3. The molecule has 1 aromatic heterocycles. The third-order valence-corrected chi connectivity index (χ3v) is 3.63. The van der Waals surface area contributed by atoms with Gasteiger partial charge in [0.1, 0.15) is 11.9 Å². The normalized spacial score (nSPS) is 11.9. The number of rotatable bonds is 7. The fourth-order valence-corrected chi connectivity index (χ4v) is 2.34. The van der Waals surface area contributed by atoms with Crippen LogP contribution in [0.15, 0.2) is 36.7 Å². The molecule has 2 aromatic rings. The first-order valence-corrected chi connectivity index (χ1v) is 7.52. The second-order valence-electron chi connectivity index (χ2n) is 5.55. The van der Waals surface area contributed by atoms with Gasteiger partial charge < -0.3 is 15.0 Å². The number of benzene rings is 1. The highest BCUT2D eigenvalue weighted by Crippen LogP contribution is 2.21. The fraction of sp³-hybridized carbons (Fsp3) is 0.353. The van der Waals surface area contributed by atoms with E-state index in [0.717, 1.165) is 17.0 Å². The summed E-state index contributed by atoms with van der Waals surface area (Å²) in [4.78, 5) is 27.0. The number of aliphatic carboxylic acids is 1. The number of amides is 1. The Bertz CT molecular complexity index is 677. The van der Waals surface area contributed by atoms with Gasteiger partial charge in [0.05, 0.1) is 0 Å². The number of aromatic nitrogens is 2. The molecule has 2 rings (SSSR count). The van der Waals surface area contributed by atoms with Gasteiger partial charge in [-0.05, 0) is 18.9 Å². The predicted molar refractivity (Wildman–Crippen MR) is 85.9 cm³/mol. The van der Waals surface area contributed by atoms with Gasteiger partial charge in [-0.3, -0.25) is 9.59 Å². The van der Waals surface area contributed by atoms with E-state index < -0.39 is 5.97 Å². The highest BCUT2D eigenvalue weighted by Gasteiger charge is 2.20. The average molecular weight is 315 g/mol. The summed E-state index contributed by atoms with van der Waals surface area (Å²) in [5, 5.41) is 11.6. The second kappa shape index (κ2) is 7.58. The number of nitrogens with zero attached hydrogens (tertiary/aromatic N) is 2. The van der Waals surface area contributed by atoms with Gasteiger partial charge in [-0.1, -0.05) is 29.8 Å². The smallest absolute Gasteiger partial charge is 0.303 e. The van der Waals surface area contributed by atoms with Gasteiger partial charge in [-0.2, -0.15) is 0 Å². The molecule has 0 spiro atoms. The van der Waals surface area contributed by atoms with Gasteiger partial charge in [0.2, 0.25) is 5.91 Å². The van der Waals surface area contributed by atoms with Crippen molar-refractivity contribution < 1.29 is 14.7 Å². The predicted octanol–water partition coefficient (Wildman–Crippen LogP) is 2.19. The monoisotopic (exact) mass is 315 g/mol. The average Bonchev–Trinajstić information content (AvgIpc) is 2.91. The fourth-order valence-electron chi connectivity index (χ4n) is 2.34. The SMILES string of the molecule is Cc1ccc(C(NC(=O)CCCC(=O)O)c2nccn2C)cc1. The maximum atomic E-state index is 12.1. The van der Waals surface area contributed by atoms with Crippen molar-refractivity contribution in [1.29, 1.82) is 0 Å². The van der Waals surface area contributed by atoms with Crippen LogP contribution in [0.4, 0.5) is 0 Å². The summed E-state index contributed by atoms with van der Waals surface area (Å²) in [6.45, 7) is 2.00. The quantitative estimate of drug-likeness (QED) is 0.820. The molecule has 0 aliphatic rings. The largest absolute Gasteiger partial charge is 0.481 e. The van der Waals surface area contributed by atoms with E-state index in [1.807, 2.05) is 49.0 Å². The van der Waals surface area contributed by atoms with Crippen LogP contribution in [0, 0.1) is 6.92 Å². The van der Waals surface area contributed by atoms with Crippen LogP contribution < -0.4 is 5.32 Å². The molecule has 0 fully saturated rings. The molecule has 2 N–H and O–H groups in total.